The first-order chi connectivity index (χ1) is 15.8. The first kappa shape index (κ1) is 21.5. The maximum atomic E-state index is 11.8. The largest absolute Gasteiger partial charge is 0.339 e. The molecule has 0 radical (unpaired) electrons. The summed E-state index contributed by atoms with van der Waals surface area (Å²) >= 11 is 0. The zero-order chi connectivity index (χ0) is 23.0. The van der Waals surface area contributed by atoms with Crippen molar-refractivity contribution in [2.75, 3.05) is 12.8 Å². The Bertz CT molecular complexity index is 1390. The summed E-state index contributed by atoms with van der Waals surface area (Å²) in [5.41, 5.74) is 7.23. The molecule has 1 aliphatic rings. The standard InChI is InChI=1S/C25H24N4O3S/c1-17-3-10-23(26-15-17)19-6-4-18(5-7-19)13-24-27-25(28-32-24)21-8-9-22-16-29(33(2,30)31)12-11-20(22)14-21/h3-10,14-15H,11-13,16H2,1-2H3. The average molecular weight is 461 g/mol. The molecule has 0 unspecified atom stereocenters. The van der Waals surface area contributed by atoms with Gasteiger partial charge >= 0.3 is 0 Å². The number of fused-ring (bicyclic) bond motifs is 1. The molecule has 0 amide bonds. The van der Waals surface area contributed by atoms with Gasteiger partial charge in [-0.15, -0.1) is 0 Å². The number of hydrogen-bond acceptors (Lipinski definition) is 6. The van der Waals surface area contributed by atoms with Gasteiger partial charge < -0.3 is 4.52 Å². The highest BCUT2D eigenvalue weighted by Gasteiger charge is 2.23. The van der Waals surface area contributed by atoms with E-state index in [0.29, 0.717) is 37.6 Å². The lowest BCUT2D eigenvalue weighted by Crippen LogP contribution is -2.35. The number of sulfonamides is 1. The van der Waals surface area contributed by atoms with Crippen molar-refractivity contribution in [3.8, 4) is 22.6 Å². The number of aryl methyl sites for hydroxylation is 1. The van der Waals surface area contributed by atoms with E-state index < -0.39 is 10.0 Å². The molecule has 1 aliphatic heterocycles. The summed E-state index contributed by atoms with van der Waals surface area (Å²) in [6, 6.07) is 18.2. The van der Waals surface area contributed by atoms with E-state index in [0.717, 1.165) is 39.1 Å². The van der Waals surface area contributed by atoms with Crippen molar-refractivity contribution in [2.45, 2.75) is 26.3 Å². The van der Waals surface area contributed by atoms with Gasteiger partial charge in [-0.2, -0.15) is 9.29 Å². The monoisotopic (exact) mass is 460 g/mol. The lowest BCUT2D eigenvalue weighted by Gasteiger charge is -2.26. The first-order valence-corrected chi connectivity index (χ1v) is 12.6. The molecule has 33 heavy (non-hydrogen) atoms. The van der Waals surface area contributed by atoms with Gasteiger partial charge in [0.15, 0.2) is 0 Å². The highest BCUT2D eigenvalue weighted by Crippen LogP contribution is 2.26. The molecule has 0 bridgehead atoms. The molecule has 0 spiro atoms. The molecule has 0 fully saturated rings. The van der Waals surface area contributed by atoms with E-state index >= 15 is 0 Å². The molecule has 0 saturated carbocycles. The number of rotatable bonds is 5. The van der Waals surface area contributed by atoms with Gasteiger partial charge in [0.1, 0.15) is 0 Å². The highest BCUT2D eigenvalue weighted by atomic mass is 32.2. The molecular weight excluding hydrogens is 436 g/mol. The van der Waals surface area contributed by atoms with Gasteiger partial charge in [-0.3, -0.25) is 4.98 Å². The molecule has 5 rings (SSSR count). The van der Waals surface area contributed by atoms with Crippen molar-refractivity contribution in [1.29, 1.82) is 0 Å². The summed E-state index contributed by atoms with van der Waals surface area (Å²) in [6.07, 6.45) is 4.33. The molecule has 7 nitrogen and oxygen atoms in total. The molecule has 8 heteroatoms. The van der Waals surface area contributed by atoms with Gasteiger partial charge in [0.05, 0.1) is 18.4 Å². The summed E-state index contributed by atoms with van der Waals surface area (Å²) in [7, 11) is -3.19. The molecule has 2 aromatic carbocycles. The Morgan fingerprint density at radius 1 is 1.00 bits per heavy atom. The molecule has 0 aliphatic carbocycles. The topological polar surface area (TPSA) is 89.2 Å². The summed E-state index contributed by atoms with van der Waals surface area (Å²) < 4.78 is 30.7. The van der Waals surface area contributed by atoms with Crippen LogP contribution in [0.4, 0.5) is 0 Å². The van der Waals surface area contributed by atoms with Gasteiger partial charge in [-0.25, -0.2) is 8.42 Å². The van der Waals surface area contributed by atoms with Crippen LogP contribution in [0.2, 0.25) is 0 Å². The van der Waals surface area contributed by atoms with E-state index in [1.165, 1.54) is 10.6 Å². The predicted octanol–water partition coefficient (Wildman–Crippen LogP) is 4.02. The second-order valence-corrected chi connectivity index (χ2v) is 10.4. The minimum atomic E-state index is -3.19. The predicted molar refractivity (Wildman–Crippen MR) is 126 cm³/mol. The Morgan fingerprint density at radius 2 is 1.79 bits per heavy atom. The van der Waals surface area contributed by atoms with Gasteiger partial charge in [0.2, 0.25) is 21.7 Å². The second-order valence-electron chi connectivity index (χ2n) is 8.44. The number of aromatic nitrogens is 3. The third-order valence-electron chi connectivity index (χ3n) is 5.90. The highest BCUT2D eigenvalue weighted by molar-refractivity contribution is 7.88. The summed E-state index contributed by atoms with van der Waals surface area (Å²) in [6.45, 7) is 2.91. The van der Waals surface area contributed by atoms with Crippen LogP contribution in [0.25, 0.3) is 22.6 Å². The van der Waals surface area contributed by atoms with E-state index in [4.69, 9.17) is 4.52 Å². The van der Waals surface area contributed by atoms with Crippen LogP contribution in [0.5, 0.6) is 0 Å². The van der Waals surface area contributed by atoms with Crippen molar-refractivity contribution in [2.24, 2.45) is 0 Å². The van der Waals surface area contributed by atoms with E-state index in [2.05, 4.69) is 21.2 Å². The summed E-state index contributed by atoms with van der Waals surface area (Å²) in [5, 5.41) is 4.16. The Kier molecular flexibility index (Phi) is 5.55. The Hall–Kier alpha value is -3.36. The Balaban J connectivity index is 1.29. The van der Waals surface area contributed by atoms with Gasteiger partial charge in [-0.1, -0.05) is 47.6 Å². The van der Waals surface area contributed by atoms with Crippen molar-refractivity contribution in [3.63, 3.8) is 0 Å². The molecular formula is C25H24N4O3S. The van der Waals surface area contributed by atoms with Crippen LogP contribution in [0.15, 0.2) is 65.3 Å². The van der Waals surface area contributed by atoms with E-state index in [9.17, 15) is 8.42 Å². The number of pyridine rings is 1. The third kappa shape index (κ3) is 4.72. The molecule has 0 saturated heterocycles. The Morgan fingerprint density at radius 3 is 2.52 bits per heavy atom. The van der Waals surface area contributed by atoms with Gasteiger partial charge in [0, 0.05) is 30.4 Å². The molecule has 168 valence electrons. The molecule has 2 aromatic heterocycles. The fraction of sp³-hybridized carbons (Fsp3) is 0.240. The minimum Gasteiger partial charge on any atom is -0.339 e. The lowest BCUT2D eigenvalue weighted by molar-refractivity contribution is 0.385. The summed E-state index contributed by atoms with van der Waals surface area (Å²) in [4.78, 5) is 9.05. The fourth-order valence-corrected chi connectivity index (χ4v) is 4.80. The number of nitrogens with zero attached hydrogens (tertiary/aromatic N) is 4. The first-order valence-electron chi connectivity index (χ1n) is 10.8. The molecule has 0 atom stereocenters. The zero-order valence-electron chi connectivity index (χ0n) is 18.5. The van der Waals surface area contributed by atoms with Crippen LogP contribution in [0, 0.1) is 6.92 Å². The van der Waals surface area contributed by atoms with Gasteiger partial charge in [-0.05, 0) is 47.7 Å². The fourth-order valence-electron chi connectivity index (χ4n) is 4.00. The number of benzene rings is 2. The van der Waals surface area contributed by atoms with Crippen molar-refractivity contribution < 1.29 is 12.9 Å². The maximum Gasteiger partial charge on any atom is 0.231 e. The summed E-state index contributed by atoms with van der Waals surface area (Å²) in [5.74, 6) is 1.09. The minimum absolute atomic E-state index is 0.403. The molecule has 3 heterocycles. The van der Waals surface area contributed by atoms with Crippen LogP contribution in [-0.4, -0.2) is 40.6 Å². The normalized spacial score (nSPS) is 14.2. The Labute approximate surface area is 193 Å². The number of hydrogen-bond donors (Lipinski definition) is 0. The van der Waals surface area contributed by atoms with E-state index in [1.54, 1.807) is 0 Å². The van der Waals surface area contributed by atoms with Crippen molar-refractivity contribution in [1.82, 2.24) is 19.4 Å². The van der Waals surface area contributed by atoms with Crippen LogP contribution < -0.4 is 0 Å². The molecule has 4 aromatic rings. The average Bonchev–Trinajstić information content (AvgIpc) is 3.27. The maximum absolute atomic E-state index is 11.8. The second kappa shape index (κ2) is 8.53. The van der Waals surface area contributed by atoms with Crippen LogP contribution in [0.3, 0.4) is 0 Å². The zero-order valence-corrected chi connectivity index (χ0v) is 19.3. The van der Waals surface area contributed by atoms with Crippen molar-refractivity contribution in [3.05, 3.63) is 88.9 Å². The quantitative estimate of drug-likeness (QED) is 0.447. The SMILES string of the molecule is Cc1ccc(-c2ccc(Cc3nc(-c4ccc5c(c4)CCN(S(C)(=O)=O)C5)no3)cc2)nc1. The van der Waals surface area contributed by atoms with Crippen LogP contribution >= 0.6 is 0 Å². The van der Waals surface area contributed by atoms with E-state index in [1.807, 2.05) is 61.7 Å². The molecule has 0 N–H and O–H groups in total. The third-order valence-corrected chi connectivity index (χ3v) is 7.14. The van der Waals surface area contributed by atoms with Gasteiger partial charge in [0.25, 0.3) is 0 Å². The smallest absolute Gasteiger partial charge is 0.231 e. The van der Waals surface area contributed by atoms with E-state index in [-0.39, 0.29) is 0 Å². The lowest BCUT2D eigenvalue weighted by atomic mass is 9.98. The van der Waals surface area contributed by atoms with Crippen molar-refractivity contribution >= 4 is 10.0 Å². The van der Waals surface area contributed by atoms with Crippen LogP contribution in [-0.2, 0) is 29.4 Å². The van der Waals surface area contributed by atoms with Crippen LogP contribution in [0.1, 0.15) is 28.1 Å².